The summed E-state index contributed by atoms with van der Waals surface area (Å²) in [5.74, 6) is 0.0834. The summed E-state index contributed by atoms with van der Waals surface area (Å²) < 4.78 is 0. The fourth-order valence-electron chi connectivity index (χ4n) is 1.39. The van der Waals surface area contributed by atoms with Crippen molar-refractivity contribution in [2.45, 2.75) is 19.4 Å². The molecule has 0 heterocycles. The van der Waals surface area contributed by atoms with E-state index in [0.29, 0.717) is 6.54 Å². The first-order valence-corrected chi connectivity index (χ1v) is 4.87. The van der Waals surface area contributed by atoms with Gasteiger partial charge >= 0.3 is 0 Å². The Labute approximate surface area is 83.6 Å². The highest BCUT2D eigenvalue weighted by Crippen LogP contribution is 2.17. The second-order valence-electron chi connectivity index (χ2n) is 3.44. The third-order valence-electron chi connectivity index (χ3n) is 2.39. The number of hydrogen-bond acceptors (Lipinski definition) is 1. The lowest BCUT2D eigenvalue weighted by Crippen LogP contribution is -2.26. The van der Waals surface area contributed by atoms with Gasteiger partial charge in [-0.3, -0.25) is 4.79 Å². The third-order valence-corrected chi connectivity index (χ3v) is 2.39. The van der Waals surface area contributed by atoms with Crippen molar-refractivity contribution in [3.05, 3.63) is 47.5 Å². The molecule has 0 radical (unpaired) electrons. The zero-order valence-electron chi connectivity index (χ0n) is 7.99. The molecule has 0 spiro atoms. The fraction of sp³-hybridized carbons (Fsp3) is 0.250. The molecule has 0 atom stereocenters. The third kappa shape index (κ3) is 2.02. The minimum absolute atomic E-state index is 0.0834. The van der Waals surface area contributed by atoms with Crippen LogP contribution in [0.3, 0.4) is 0 Å². The number of benzene rings is 1. The van der Waals surface area contributed by atoms with Crippen LogP contribution in [-0.2, 0) is 11.3 Å². The van der Waals surface area contributed by atoms with E-state index in [0.717, 1.165) is 24.0 Å². The van der Waals surface area contributed by atoms with Crippen molar-refractivity contribution in [3.8, 4) is 0 Å². The number of nitrogens with one attached hydrogen (secondary N) is 1. The Hall–Kier alpha value is -1.57. The first-order chi connectivity index (χ1) is 6.86. The lowest BCUT2D eigenvalue weighted by Gasteiger charge is -2.13. The molecule has 1 N–H and O–H groups in total. The Kier molecular flexibility index (Phi) is 2.63. The average Bonchev–Trinajstić information content (AvgIpc) is 2.14. The van der Waals surface area contributed by atoms with E-state index in [9.17, 15) is 4.79 Å². The van der Waals surface area contributed by atoms with Gasteiger partial charge in [0.2, 0.25) is 5.91 Å². The molecule has 2 nitrogen and oxygen atoms in total. The molecule has 1 aliphatic rings. The van der Waals surface area contributed by atoms with Crippen molar-refractivity contribution < 1.29 is 4.79 Å². The number of amides is 1. The fourth-order valence-corrected chi connectivity index (χ4v) is 1.39. The van der Waals surface area contributed by atoms with E-state index >= 15 is 0 Å². The van der Waals surface area contributed by atoms with Crippen LogP contribution in [0.5, 0.6) is 0 Å². The smallest absolute Gasteiger partial charge is 0.247 e. The SMILES string of the molecule is O=C(NCc1ccccc1)C1=CCC1. The lowest BCUT2D eigenvalue weighted by molar-refractivity contribution is -0.118. The van der Waals surface area contributed by atoms with Gasteiger partial charge in [-0.15, -0.1) is 0 Å². The summed E-state index contributed by atoms with van der Waals surface area (Å²) in [4.78, 5) is 11.4. The highest BCUT2D eigenvalue weighted by molar-refractivity contribution is 5.94. The molecule has 0 aliphatic heterocycles. The van der Waals surface area contributed by atoms with E-state index in [1.807, 2.05) is 36.4 Å². The molecule has 1 amide bonds. The van der Waals surface area contributed by atoms with Crippen LogP contribution in [0.4, 0.5) is 0 Å². The molecule has 1 aromatic carbocycles. The normalized spacial score (nSPS) is 14.1. The molecule has 1 aromatic rings. The van der Waals surface area contributed by atoms with Crippen molar-refractivity contribution >= 4 is 5.91 Å². The lowest BCUT2D eigenvalue weighted by atomic mass is 9.98. The van der Waals surface area contributed by atoms with Crippen molar-refractivity contribution in [1.82, 2.24) is 5.32 Å². The quantitative estimate of drug-likeness (QED) is 0.770. The van der Waals surface area contributed by atoms with Gasteiger partial charge in [0.25, 0.3) is 0 Å². The standard InChI is InChI=1S/C12H13NO/c14-12(11-7-4-8-11)13-9-10-5-2-1-3-6-10/h1-3,5-7H,4,8-9H2,(H,13,14). The van der Waals surface area contributed by atoms with Crippen molar-refractivity contribution in [3.63, 3.8) is 0 Å². The van der Waals surface area contributed by atoms with Gasteiger partial charge < -0.3 is 5.32 Å². The number of rotatable bonds is 3. The van der Waals surface area contributed by atoms with Gasteiger partial charge in [0.1, 0.15) is 0 Å². The molecular weight excluding hydrogens is 174 g/mol. The Balaban J connectivity index is 1.85. The molecule has 0 aromatic heterocycles. The highest BCUT2D eigenvalue weighted by Gasteiger charge is 2.13. The average molecular weight is 187 g/mol. The van der Waals surface area contributed by atoms with Crippen LogP contribution < -0.4 is 5.32 Å². The van der Waals surface area contributed by atoms with Gasteiger partial charge in [0, 0.05) is 12.1 Å². The second kappa shape index (κ2) is 4.09. The highest BCUT2D eigenvalue weighted by atomic mass is 16.1. The monoisotopic (exact) mass is 187 g/mol. The molecule has 2 heteroatoms. The summed E-state index contributed by atoms with van der Waals surface area (Å²) in [5, 5.41) is 2.89. The minimum Gasteiger partial charge on any atom is -0.348 e. The van der Waals surface area contributed by atoms with Crippen LogP contribution >= 0.6 is 0 Å². The number of carbonyl (C=O) groups is 1. The largest absolute Gasteiger partial charge is 0.348 e. The Morgan fingerprint density at radius 1 is 1.29 bits per heavy atom. The van der Waals surface area contributed by atoms with Crippen LogP contribution in [0.25, 0.3) is 0 Å². The summed E-state index contributed by atoms with van der Waals surface area (Å²) in [5.41, 5.74) is 2.07. The van der Waals surface area contributed by atoms with Crippen molar-refractivity contribution in [2.24, 2.45) is 0 Å². The van der Waals surface area contributed by atoms with Gasteiger partial charge in [-0.25, -0.2) is 0 Å². The van der Waals surface area contributed by atoms with E-state index in [2.05, 4.69) is 5.32 Å². The van der Waals surface area contributed by atoms with E-state index < -0.39 is 0 Å². The Morgan fingerprint density at radius 2 is 2.00 bits per heavy atom. The maximum atomic E-state index is 11.4. The summed E-state index contributed by atoms with van der Waals surface area (Å²) >= 11 is 0. The van der Waals surface area contributed by atoms with Gasteiger partial charge in [-0.05, 0) is 18.4 Å². The topological polar surface area (TPSA) is 29.1 Å². The minimum atomic E-state index is 0.0834. The van der Waals surface area contributed by atoms with E-state index in [1.54, 1.807) is 0 Å². The molecular formula is C12H13NO. The zero-order chi connectivity index (χ0) is 9.80. The summed E-state index contributed by atoms with van der Waals surface area (Å²) in [7, 11) is 0. The Bertz CT molecular complexity index is 354. The van der Waals surface area contributed by atoms with Gasteiger partial charge in [0.15, 0.2) is 0 Å². The van der Waals surface area contributed by atoms with E-state index in [-0.39, 0.29) is 5.91 Å². The molecule has 1 aliphatic carbocycles. The molecule has 72 valence electrons. The van der Waals surface area contributed by atoms with Gasteiger partial charge in [0.05, 0.1) is 0 Å². The van der Waals surface area contributed by atoms with Crippen LogP contribution in [0, 0.1) is 0 Å². The first kappa shape index (κ1) is 9.00. The second-order valence-corrected chi connectivity index (χ2v) is 3.44. The first-order valence-electron chi connectivity index (χ1n) is 4.87. The number of hydrogen-bond donors (Lipinski definition) is 1. The molecule has 0 saturated carbocycles. The molecule has 0 saturated heterocycles. The van der Waals surface area contributed by atoms with E-state index in [1.165, 1.54) is 0 Å². The Morgan fingerprint density at radius 3 is 2.57 bits per heavy atom. The maximum Gasteiger partial charge on any atom is 0.247 e. The zero-order valence-corrected chi connectivity index (χ0v) is 7.99. The van der Waals surface area contributed by atoms with Crippen molar-refractivity contribution in [1.29, 1.82) is 0 Å². The molecule has 0 unspecified atom stereocenters. The number of allylic oxidation sites excluding steroid dienone is 1. The predicted molar refractivity (Wildman–Crippen MR) is 55.6 cm³/mol. The maximum absolute atomic E-state index is 11.4. The molecule has 0 fully saturated rings. The van der Waals surface area contributed by atoms with Crippen LogP contribution in [-0.4, -0.2) is 5.91 Å². The van der Waals surface area contributed by atoms with E-state index in [4.69, 9.17) is 0 Å². The predicted octanol–water partition coefficient (Wildman–Crippen LogP) is 2.02. The summed E-state index contributed by atoms with van der Waals surface area (Å²) in [6.45, 7) is 0.622. The molecule has 0 bridgehead atoms. The summed E-state index contributed by atoms with van der Waals surface area (Å²) in [6.07, 6.45) is 3.97. The van der Waals surface area contributed by atoms with Crippen LogP contribution in [0.1, 0.15) is 18.4 Å². The number of carbonyl (C=O) groups excluding carboxylic acids is 1. The molecule has 2 rings (SSSR count). The van der Waals surface area contributed by atoms with Crippen LogP contribution in [0.15, 0.2) is 42.0 Å². The summed E-state index contributed by atoms with van der Waals surface area (Å²) in [6, 6.07) is 9.94. The molecule has 14 heavy (non-hydrogen) atoms. The van der Waals surface area contributed by atoms with Crippen LogP contribution in [0.2, 0.25) is 0 Å². The van der Waals surface area contributed by atoms with Crippen molar-refractivity contribution in [2.75, 3.05) is 0 Å². The van der Waals surface area contributed by atoms with Gasteiger partial charge in [-0.1, -0.05) is 36.4 Å². The van der Waals surface area contributed by atoms with Gasteiger partial charge in [-0.2, -0.15) is 0 Å².